The molecule has 0 saturated carbocycles. The predicted molar refractivity (Wildman–Crippen MR) is 99.4 cm³/mol. The fourth-order valence-electron chi connectivity index (χ4n) is 3.44. The second-order valence-electron chi connectivity index (χ2n) is 6.98. The minimum absolute atomic E-state index is 0.265. The molecule has 4 rings (SSSR count). The van der Waals surface area contributed by atoms with Crippen molar-refractivity contribution in [3.63, 3.8) is 0 Å². The zero-order chi connectivity index (χ0) is 17.6. The normalized spacial score (nSPS) is 17.4. The molecule has 1 unspecified atom stereocenters. The lowest BCUT2D eigenvalue weighted by atomic mass is 9.88. The predicted octanol–water partition coefficient (Wildman–Crippen LogP) is 4.67. The van der Waals surface area contributed by atoms with E-state index in [1.807, 2.05) is 19.1 Å². The van der Waals surface area contributed by atoms with Gasteiger partial charge >= 0.3 is 0 Å². The second-order valence-corrected chi connectivity index (χ2v) is 8.66. The van der Waals surface area contributed by atoms with Gasteiger partial charge in [0.2, 0.25) is 0 Å². The number of benzene rings is 2. The lowest BCUT2D eigenvalue weighted by molar-refractivity contribution is 0.426. The Morgan fingerprint density at radius 3 is 2.64 bits per heavy atom. The van der Waals surface area contributed by atoms with E-state index in [1.165, 1.54) is 5.56 Å². The van der Waals surface area contributed by atoms with Gasteiger partial charge in [-0.3, -0.25) is 4.72 Å². The van der Waals surface area contributed by atoms with Crippen molar-refractivity contribution in [2.24, 2.45) is 5.92 Å². The largest absolute Gasteiger partial charge is 0.461 e. The van der Waals surface area contributed by atoms with Crippen LogP contribution < -0.4 is 4.72 Å². The second kappa shape index (κ2) is 5.92. The van der Waals surface area contributed by atoms with Crippen LogP contribution in [0.5, 0.6) is 0 Å². The molecule has 2 aromatic carbocycles. The van der Waals surface area contributed by atoms with Gasteiger partial charge in [-0.2, -0.15) is 0 Å². The van der Waals surface area contributed by atoms with Gasteiger partial charge in [0.25, 0.3) is 10.0 Å². The van der Waals surface area contributed by atoms with E-state index in [9.17, 15) is 8.42 Å². The number of hydrogen-bond donors (Lipinski definition) is 1. The van der Waals surface area contributed by atoms with Crippen molar-refractivity contribution < 1.29 is 12.8 Å². The number of sulfonamides is 1. The molecule has 1 aliphatic rings. The highest BCUT2D eigenvalue weighted by molar-refractivity contribution is 7.92. The van der Waals surface area contributed by atoms with Crippen LogP contribution in [0.2, 0.25) is 0 Å². The van der Waals surface area contributed by atoms with Gasteiger partial charge in [-0.1, -0.05) is 24.6 Å². The summed E-state index contributed by atoms with van der Waals surface area (Å²) in [6.07, 6.45) is 3.08. The van der Waals surface area contributed by atoms with E-state index in [2.05, 4.69) is 11.6 Å². The van der Waals surface area contributed by atoms with Crippen LogP contribution in [0.3, 0.4) is 0 Å². The molecule has 0 bridgehead atoms. The quantitative estimate of drug-likeness (QED) is 0.743. The standard InChI is InChI=1S/C20H21NO3S/c1-13-3-7-16(8-4-13)25(22,23)21-15-6-10-19-18(12-15)17-9-5-14(2)11-20(17)24-19/h3-4,6-8,10,12,14,21H,5,9,11H2,1-2H3. The van der Waals surface area contributed by atoms with Crippen molar-refractivity contribution in [3.05, 3.63) is 59.4 Å². The molecule has 4 nitrogen and oxygen atoms in total. The number of aryl methyl sites for hydroxylation is 2. The minimum atomic E-state index is -3.59. The van der Waals surface area contributed by atoms with Gasteiger partial charge in [0, 0.05) is 23.1 Å². The third kappa shape index (κ3) is 3.04. The van der Waals surface area contributed by atoms with E-state index in [-0.39, 0.29) is 4.90 Å². The number of rotatable bonds is 3. The maximum Gasteiger partial charge on any atom is 0.261 e. The number of furan rings is 1. The van der Waals surface area contributed by atoms with Crippen LogP contribution in [0.4, 0.5) is 5.69 Å². The Labute approximate surface area is 147 Å². The maximum absolute atomic E-state index is 12.6. The Hall–Kier alpha value is -2.27. The van der Waals surface area contributed by atoms with Crippen molar-refractivity contribution in [1.29, 1.82) is 0 Å². The van der Waals surface area contributed by atoms with Crippen LogP contribution in [-0.4, -0.2) is 8.42 Å². The molecule has 1 atom stereocenters. The SMILES string of the molecule is Cc1ccc(S(=O)(=O)Nc2ccc3oc4c(c3c2)CCC(C)C4)cc1. The first-order valence-electron chi connectivity index (χ1n) is 8.56. The average Bonchev–Trinajstić information content (AvgIpc) is 2.91. The van der Waals surface area contributed by atoms with E-state index < -0.39 is 10.0 Å². The lowest BCUT2D eigenvalue weighted by Gasteiger charge is -2.16. The molecule has 130 valence electrons. The molecule has 25 heavy (non-hydrogen) atoms. The number of anilines is 1. The minimum Gasteiger partial charge on any atom is -0.461 e. The van der Waals surface area contributed by atoms with Gasteiger partial charge < -0.3 is 4.42 Å². The van der Waals surface area contributed by atoms with Crippen molar-refractivity contribution in [2.45, 2.75) is 38.0 Å². The molecular formula is C20H21NO3S. The molecular weight excluding hydrogens is 334 g/mol. The van der Waals surface area contributed by atoms with E-state index in [0.717, 1.165) is 41.6 Å². The van der Waals surface area contributed by atoms with Crippen molar-refractivity contribution in [2.75, 3.05) is 4.72 Å². The summed E-state index contributed by atoms with van der Waals surface area (Å²) in [5.74, 6) is 1.68. The third-order valence-electron chi connectivity index (χ3n) is 4.88. The number of nitrogens with one attached hydrogen (secondary N) is 1. The molecule has 3 aromatic rings. The zero-order valence-electron chi connectivity index (χ0n) is 14.4. The summed E-state index contributed by atoms with van der Waals surface area (Å²) >= 11 is 0. The molecule has 0 aliphatic heterocycles. The van der Waals surface area contributed by atoms with Crippen LogP contribution in [0.1, 0.15) is 30.2 Å². The molecule has 0 amide bonds. The number of fused-ring (bicyclic) bond motifs is 3. The van der Waals surface area contributed by atoms with Crippen molar-refractivity contribution in [1.82, 2.24) is 0 Å². The van der Waals surface area contributed by atoms with Gasteiger partial charge in [-0.15, -0.1) is 0 Å². The van der Waals surface area contributed by atoms with E-state index in [0.29, 0.717) is 11.6 Å². The van der Waals surface area contributed by atoms with Gasteiger partial charge in [0.15, 0.2) is 0 Å². The van der Waals surface area contributed by atoms with E-state index >= 15 is 0 Å². The van der Waals surface area contributed by atoms with Gasteiger partial charge in [-0.05, 0) is 56.0 Å². The monoisotopic (exact) mass is 355 g/mol. The van der Waals surface area contributed by atoms with Gasteiger partial charge in [0.1, 0.15) is 11.3 Å². The molecule has 1 heterocycles. The van der Waals surface area contributed by atoms with E-state index in [4.69, 9.17) is 4.42 Å². The van der Waals surface area contributed by atoms with E-state index in [1.54, 1.807) is 30.3 Å². The Morgan fingerprint density at radius 2 is 1.88 bits per heavy atom. The Balaban J connectivity index is 1.69. The molecule has 1 N–H and O–H groups in total. The molecule has 0 spiro atoms. The van der Waals surface area contributed by atoms with Crippen LogP contribution >= 0.6 is 0 Å². The average molecular weight is 355 g/mol. The van der Waals surface area contributed by atoms with Crippen LogP contribution in [-0.2, 0) is 22.9 Å². The fourth-order valence-corrected chi connectivity index (χ4v) is 4.49. The summed E-state index contributed by atoms with van der Waals surface area (Å²) in [6.45, 7) is 4.16. The number of hydrogen-bond acceptors (Lipinski definition) is 3. The molecule has 0 radical (unpaired) electrons. The van der Waals surface area contributed by atoms with Crippen LogP contribution in [0.15, 0.2) is 51.8 Å². The Kier molecular flexibility index (Phi) is 3.84. The molecule has 0 fully saturated rings. The van der Waals surface area contributed by atoms with Crippen LogP contribution in [0, 0.1) is 12.8 Å². The molecule has 5 heteroatoms. The fraction of sp³-hybridized carbons (Fsp3) is 0.300. The summed E-state index contributed by atoms with van der Waals surface area (Å²) in [4.78, 5) is 0.265. The highest BCUT2D eigenvalue weighted by Gasteiger charge is 2.22. The molecule has 0 saturated heterocycles. The summed E-state index contributed by atoms with van der Waals surface area (Å²) in [6, 6.07) is 12.3. The highest BCUT2D eigenvalue weighted by atomic mass is 32.2. The smallest absolute Gasteiger partial charge is 0.261 e. The van der Waals surface area contributed by atoms with Gasteiger partial charge in [-0.25, -0.2) is 8.42 Å². The van der Waals surface area contributed by atoms with Crippen molar-refractivity contribution >= 4 is 26.7 Å². The topological polar surface area (TPSA) is 59.3 Å². The Bertz CT molecular complexity index is 1030. The van der Waals surface area contributed by atoms with Crippen molar-refractivity contribution in [3.8, 4) is 0 Å². The molecule has 1 aliphatic carbocycles. The lowest BCUT2D eigenvalue weighted by Crippen LogP contribution is -2.13. The summed E-state index contributed by atoms with van der Waals surface area (Å²) < 4.78 is 33.8. The Morgan fingerprint density at radius 1 is 1.12 bits per heavy atom. The first-order valence-corrected chi connectivity index (χ1v) is 10.0. The first-order chi connectivity index (χ1) is 11.9. The van der Waals surface area contributed by atoms with Crippen LogP contribution in [0.25, 0.3) is 11.0 Å². The third-order valence-corrected chi connectivity index (χ3v) is 6.28. The summed E-state index contributed by atoms with van der Waals surface area (Å²) in [5.41, 5.74) is 3.65. The maximum atomic E-state index is 12.6. The summed E-state index contributed by atoms with van der Waals surface area (Å²) in [7, 11) is -3.59. The molecule has 1 aromatic heterocycles. The zero-order valence-corrected chi connectivity index (χ0v) is 15.2. The highest BCUT2D eigenvalue weighted by Crippen LogP contribution is 2.35. The van der Waals surface area contributed by atoms with Gasteiger partial charge in [0.05, 0.1) is 4.90 Å². The first kappa shape index (κ1) is 16.2. The summed E-state index contributed by atoms with van der Waals surface area (Å²) in [5, 5.41) is 1.02.